The Morgan fingerprint density at radius 2 is 1.84 bits per heavy atom. The number of anilines is 1. The Kier molecular flexibility index (Phi) is 8.27. The minimum atomic E-state index is -0.799. The Morgan fingerprint density at radius 3 is 2.51 bits per heavy atom. The summed E-state index contributed by atoms with van der Waals surface area (Å²) in [6.45, 7) is 7.85. The van der Waals surface area contributed by atoms with Gasteiger partial charge in [-0.1, -0.05) is 18.2 Å². The van der Waals surface area contributed by atoms with Gasteiger partial charge in [0.1, 0.15) is 11.6 Å². The predicted molar refractivity (Wildman–Crippen MR) is 141 cm³/mol. The summed E-state index contributed by atoms with van der Waals surface area (Å²) in [6, 6.07) is 13.4. The topological polar surface area (TPSA) is 111 Å². The van der Waals surface area contributed by atoms with Gasteiger partial charge in [0.25, 0.3) is 0 Å². The SMILES string of the molecule is COC(=O)C(CN1CCC(Nc2nc3ccccc3n2Cc2ccccn2)CC1)NC(=O)OC(C)(C)C. The third-order valence-electron chi connectivity index (χ3n) is 6.24. The molecule has 10 heteroatoms. The number of aromatic nitrogens is 3. The first-order valence-corrected chi connectivity index (χ1v) is 12.6. The van der Waals surface area contributed by atoms with Crippen LogP contribution in [0.15, 0.2) is 48.7 Å². The fraction of sp³-hybridized carbons (Fsp3) is 0.481. The highest BCUT2D eigenvalue weighted by Crippen LogP contribution is 2.23. The van der Waals surface area contributed by atoms with Crippen LogP contribution in [-0.2, 0) is 20.8 Å². The number of pyridine rings is 1. The van der Waals surface area contributed by atoms with Crippen molar-refractivity contribution in [1.29, 1.82) is 0 Å². The standard InChI is InChI=1S/C27H36N6O4/c1-27(2,3)37-26(35)31-22(24(34)36-4)18-32-15-12-19(13-16-32)29-25-30-21-10-5-6-11-23(21)33(25)17-20-9-7-8-14-28-20/h5-11,14,19,22H,12-13,15-18H2,1-4H3,(H,29,30)(H,31,35). The lowest BCUT2D eigenvalue weighted by molar-refractivity contribution is -0.143. The number of hydrogen-bond acceptors (Lipinski definition) is 8. The zero-order valence-electron chi connectivity index (χ0n) is 21.9. The van der Waals surface area contributed by atoms with Crippen molar-refractivity contribution in [1.82, 2.24) is 24.8 Å². The molecule has 10 nitrogen and oxygen atoms in total. The summed E-state index contributed by atoms with van der Waals surface area (Å²) >= 11 is 0. The number of nitrogens with zero attached hydrogens (tertiary/aromatic N) is 4. The van der Waals surface area contributed by atoms with E-state index in [2.05, 4.69) is 31.2 Å². The molecule has 1 amide bonds. The van der Waals surface area contributed by atoms with Crippen molar-refractivity contribution in [3.05, 3.63) is 54.4 Å². The van der Waals surface area contributed by atoms with Crippen LogP contribution >= 0.6 is 0 Å². The van der Waals surface area contributed by atoms with Crippen LogP contribution in [-0.4, -0.2) is 75.9 Å². The van der Waals surface area contributed by atoms with Crippen molar-refractivity contribution in [3.8, 4) is 0 Å². The van der Waals surface area contributed by atoms with E-state index in [1.165, 1.54) is 7.11 Å². The highest BCUT2D eigenvalue weighted by atomic mass is 16.6. The summed E-state index contributed by atoms with van der Waals surface area (Å²) in [5.41, 5.74) is 2.31. The molecule has 1 aromatic carbocycles. The number of amides is 1. The van der Waals surface area contributed by atoms with Crippen molar-refractivity contribution in [2.75, 3.05) is 32.1 Å². The van der Waals surface area contributed by atoms with Gasteiger partial charge in [-0.3, -0.25) is 4.98 Å². The molecule has 1 fully saturated rings. The number of rotatable bonds is 8. The third kappa shape index (κ3) is 7.19. The van der Waals surface area contributed by atoms with Crippen LogP contribution in [0.25, 0.3) is 11.0 Å². The highest BCUT2D eigenvalue weighted by molar-refractivity contribution is 5.81. The summed E-state index contributed by atoms with van der Waals surface area (Å²) in [5.74, 6) is 0.332. The van der Waals surface area contributed by atoms with Crippen molar-refractivity contribution in [3.63, 3.8) is 0 Å². The van der Waals surface area contributed by atoms with Crippen LogP contribution in [0.4, 0.5) is 10.7 Å². The number of esters is 1. The molecule has 3 aromatic rings. The molecule has 0 radical (unpaired) electrons. The van der Waals surface area contributed by atoms with Gasteiger partial charge in [-0.05, 0) is 57.9 Å². The van der Waals surface area contributed by atoms with E-state index in [1.807, 2.05) is 36.4 Å². The van der Waals surface area contributed by atoms with Crippen LogP contribution < -0.4 is 10.6 Å². The van der Waals surface area contributed by atoms with E-state index >= 15 is 0 Å². The summed E-state index contributed by atoms with van der Waals surface area (Å²) in [4.78, 5) is 36.1. The summed E-state index contributed by atoms with van der Waals surface area (Å²) < 4.78 is 12.4. The van der Waals surface area contributed by atoms with Gasteiger partial charge >= 0.3 is 12.1 Å². The number of benzene rings is 1. The number of piperidine rings is 1. The van der Waals surface area contributed by atoms with Crippen molar-refractivity contribution < 1.29 is 19.1 Å². The monoisotopic (exact) mass is 508 g/mol. The fourth-order valence-electron chi connectivity index (χ4n) is 4.47. The lowest BCUT2D eigenvalue weighted by Crippen LogP contribution is -2.52. The molecule has 4 rings (SSSR count). The van der Waals surface area contributed by atoms with Gasteiger partial charge < -0.3 is 29.6 Å². The number of ether oxygens (including phenoxy) is 2. The predicted octanol–water partition coefficient (Wildman–Crippen LogP) is 3.42. The Labute approximate surface area is 217 Å². The molecule has 2 N–H and O–H groups in total. The molecule has 37 heavy (non-hydrogen) atoms. The largest absolute Gasteiger partial charge is 0.467 e. The molecular weight excluding hydrogens is 472 g/mol. The van der Waals surface area contributed by atoms with Crippen LogP contribution in [0, 0.1) is 0 Å². The second kappa shape index (κ2) is 11.6. The van der Waals surface area contributed by atoms with Crippen molar-refractivity contribution in [2.24, 2.45) is 0 Å². The zero-order chi connectivity index (χ0) is 26.4. The quantitative estimate of drug-likeness (QED) is 0.446. The maximum Gasteiger partial charge on any atom is 0.408 e. The molecule has 0 bridgehead atoms. The number of hydrogen-bond donors (Lipinski definition) is 2. The van der Waals surface area contributed by atoms with Gasteiger partial charge in [0.05, 0.1) is 30.4 Å². The van der Waals surface area contributed by atoms with Crippen LogP contribution in [0.1, 0.15) is 39.3 Å². The Morgan fingerprint density at radius 1 is 1.11 bits per heavy atom. The van der Waals surface area contributed by atoms with Gasteiger partial charge in [0.2, 0.25) is 5.95 Å². The molecule has 1 aliphatic rings. The molecule has 198 valence electrons. The van der Waals surface area contributed by atoms with Crippen LogP contribution in [0.3, 0.4) is 0 Å². The number of nitrogens with one attached hydrogen (secondary N) is 2. The number of carbonyl (C=O) groups excluding carboxylic acids is 2. The summed E-state index contributed by atoms with van der Waals surface area (Å²) in [5, 5.41) is 6.30. The minimum Gasteiger partial charge on any atom is -0.467 e. The smallest absolute Gasteiger partial charge is 0.408 e. The highest BCUT2D eigenvalue weighted by Gasteiger charge is 2.29. The molecule has 3 heterocycles. The first kappa shape index (κ1) is 26.4. The number of likely N-dealkylation sites (tertiary alicyclic amines) is 1. The first-order valence-electron chi connectivity index (χ1n) is 12.6. The average Bonchev–Trinajstić information content (AvgIpc) is 3.20. The van der Waals surface area contributed by atoms with Gasteiger partial charge in [-0.25, -0.2) is 14.6 Å². The molecule has 1 unspecified atom stereocenters. The van der Waals surface area contributed by atoms with Crippen molar-refractivity contribution in [2.45, 2.75) is 57.8 Å². The van der Waals surface area contributed by atoms with E-state index in [4.69, 9.17) is 14.5 Å². The average molecular weight is 509 g/mol. The normalized spacial score (nSPS) is 15.8. The molecule has 0 spiro atoms. The maximum atomic E-state index is 12.3. The maximum absolute atomic E-state index is 12.3. The minimum absolute atomic E-state index is 0.228. The van der Waals surface area contributed by atoms with E-state index in [0.29, 0.717) is 13.1 Å². The zero-order valence-corrected chi connectivity index (χ0v) is 21.9. The number of alkyl carbamates (subject to hydrolysis) is 1. The van der Waals surface area contributed by atoms with Gasteiger partial charge in [0, 0.05) is 31.9 Å². The van der Waals surface area contributed by atoms with Crippen molar-refractivity contribution >= 4 is 29.0 Å². The number of fused-ring (bicyclic) bond motifs is 1. The third-order valence-corrected chi connectivity index (χ3v) is 6.24. The van der Waals surface area contributed by atoms with Crippen LogP contribution in [0.2, 0.25) is 0 Å². The summed E-state index contributed by atoms with van der Waals surface area (Å²) in [7, 11) is 1.32. The number of imidazole rings is 1. The van der Waals surface area contributed by atoms with E-state index in [0.717, 1.165) is 48.6 Å². The summed E-state index contributed by atoms with van der Waals surface area (Å²) in [6.07, 6.45) is 2.91. The van der Waals surface area contributed by atoms with E-state index in [-0.39, 0.29) is 6.04 Å². The molecule has 2 aromatic heterocycles. The van der Waals surface area contributed by atoms with E-state index < -0.39 is 23.7 Å². The lowest BCUT2D eigenvalue weighted by Gasteiger charge is -2.34. The van der Waals surface area contributed by atoms with E-state index in [1.54, 1.807) is 27.0 Å². The Balaban J connectivity index is 1.38. The van der Waals surface area contributed by atoms with Gasteiger partial charge in [0.15, 0.2) is 0 Å². The van der Waals surface area contributed by atoms with Crippen LogP contribution in [0.5, 0.6) is 0 Å². The molecular formula is C27H36N6O4. The molecule has 1 atom stereocenters. The Hall–Kier alpha value is -3.66. The second-order valence-electron chi connectivity index (χ2n) is 10.3. The fourth-order valence-corrected chi connectivity index (χ4v) is 4.47. The number of carbonyl (C=O) groups is 2. The second-order valence-corrected chi connectivity index (χ2v) is 10.3. The number of para-hydroxylation sites is 2. The molecule has 1 saturated heterocycles. The van der Waals surface area contributed by atoms with Gasteiger partial charge in [-0.2, -0.15) is 0 Å². The number of methoxy groups -OCH3 is 1. The Bertz CT molecular complexity index is 1200. The first-order chi connectivity index (χ1) is 17.7. The van der Waals surface area contributed by atoms with Gasteiger partial charge in [-0.15, -0.1) is 0 Å². The molecule has 1 aliphatic heterocycles. The molecule has 0 saturated carbocycles. The molecule has 0 aliphatic carbocycles. The lowest BCUT2D eigenvalue weighted by atomic mass is 10.0. The van der Waals surface area contributed by atoms with E-state index in [9.17, 15) is 9.59 Å².